The van der Waals surface area contributed by atoms with Crippen LogP contribution < -0.4 is 0 Å². The van der Waals surface area contributed by atoms with Crippen LogP contribution in [-0.2, 0) is 65.4 Å². The molecule has 0 saturated carbocycles. The molecule has 17 nitrogen and oxygen atoms in total. The van der Waals surface area contributed by atoms with Crippen molar-refractivity contribution in [3.63, 3.8) is 0 Å². The second-order valence-corrected chi connectivity index (χ2v) is 27.7. The highest BCUT2D eigenvalue weighted by Gasteiger charge is 2.30. The predicted octanol–water partition coefficient (Wildman–Crippen LogP) is 18.4. The minimum Gasteiger partial charge on any atom is -0.462 e. The fourth-order valence-electron chi connectivity index (χ4n) is 9.88. The van der Waals surface area contributed by atoms with Crippen molar-refractivity contribution >= 4 is 39.5 Å². The number of carbonyl (C=O) groups is 4. The maximum atomic E-state index is 13.0. The minimum atomic E-state index is -4.95. The first-order chi connectivity index (χ1) is 40.9. The standard InChI is InChI=1S/C66H128O17P2/c1-7-9-11-13-15-17-19-21-23-25-29-36-42-48-63(68)76-54-61(82-65(70)50-44-38-30-26-24-22-20-18-16-14-12-10-8-2)56-80-84(72,73)78-52-60(67)53-79-85(74,75)81-57-62(55-77-64(69)49-43-37-33-32-35-41-47-59(5)6)83-66(71)51-45-39-31-27-28-34-40-46-58(3)4/h58-62,67H,7-57H2,1-6H3,(H,72,73)(H,74,75)/t60-,61-,62-/m1/s1. The van der Waals surface area contributed by atoms with Crippen LogP contribution in [0.25, 0.3) is 0 Å². The number of rotatable bonds is 65. The maximum Gasteiger partial charge on any atom is 0.472 e. The van der Waals surface area contributed by atoms with Crippen LogP contribution in [0.15, 0.2) is 0 Å². The first-order valence-corrected chi connectivity index (χ1v) is 37.5. The van der Waals surface area contributed by atoms with Gasteiger partial charge in [-0.1, -0.05) is 279 Å². The maximum absolute atomic E-state index is 13.0. The molecule has 0 amide bonds. The number of hydrogen-bond donors (Lipinski definition) is 3. The van der Waals surface area contributed by atoms with E-state index in [-0.39, 0.29) is 25.7 Å². The number of phosphoric ester groups is 2. The van der Waals surface area contributed by atoms with Crippen LogP contribution in [0.1, 0.15) is 330 Å². The van der Waals surface area contributed by atoms with Crippen molar-refractivity contribution in [3.05, 3.63) is 0 Å². The number of phosphoric acid groups is 2. The molecule has 0 aliphatic heterocycles. The number of carbonyl (C=O) groups excluding carboxylic acids is 4. The Morgan fingerprint density at radius 3 is 0.800 bits per heavy atom. The van der Waals surface area contributed by atoms with E-state index in [0.717, 1.165) is 96.3 Å². The Balaban J connectivity index is 5.24. The lowest BCUT2D eigenvalue weighted by atomic mass is 10.0. The molecular formula is C66H128O17P2. The molecule has 0 spiro atoms. The smallest absolute Gasteiger partial charge is 0.462 e. The van der Waals surface area contributed by atoms with Crippen molar-refractivity contribution in [2.75, 3.05) is 39.6 Å². The molecule has 0 rings (SSSR count). The lowest BCUT2D eigenvalue weighted by Crippen LogP contribution is -2.30. The number of esters is 4. The van der Waals surface area contributed by atoms with Gasteiger partial charge in [0.15, 0.2) is 12.2 Å². The van der Waals surface area contributed by atoms with Crippen LogP contribution in [-0.4, -0.2) is 96.7 Å². The molecule has 0 aromatic heterocycles. The normalized spacial score (nSPS) is 14.2. The highest BCUT2D eigenvalue weighted by molar-refractivity contribution is 7.47. The Morgan fingerprint density at radius 2 is 0.541 bits per heavy atom. The van der Waals surface area contributed by atoms with Crippen molar-refractivity contribution in [3.8, 4) is 0 Å². The van der Waals surface area contributed by atoms with E-state index in [2.05, 4.69) is 41.5 Å². The lowest BCUT2D eigenvalue weighted by Gasteiger charge is -2.21. The number of ether oxygens (including phenoxy) is 4. The predicted molar refractivity (Wildman–Crippen MR) is 340 cm³/mol. The average molecular weight is 1260 g/mol. The molecule has 19 heteroatoms. The summed E-state index contributed by atoms with van der Waals surface area (Å²) in [6.45, 7) is 9.37. The zero-order valence-electron chi connectivity index (χ0n) is 54.9. The van der Waals surface area contributed by atoms with Crippen LogP contribution in [0, 0.1) is 11.8 Å². The quantitative estimate of drug-likeness (QED) is 0.0222. The summed E-state index contributed by atoms with van der Waals surface area (Å²) in [5, 5.41) is 10.5. The summed E-state index contributed by atoms with van der Waals surface area (Å²) in [5.41, 5.74) is 0. The van der Waals surface area contributed by atoms with Gasteiger partial charge in [0.05, 0.1) is 26.4 Å². The molecule has 0 saturated heterocycles. The van der Waals surface area contributed by atoms with Gasteiger partial charge in [-0.05, 0) is 37.5 Å². The number of aliphatic hydroxyl groups is 1. The third-order valence-corrected chi connectivity index (χ3v) is 17.1. The van der Waals surface area contributed by atoms with Crippen molar-refractivity contribution in [2.45, 2.75) is 349 Å². The van der Waals surface area contributed by atoms with Gasteiger partial charge >= 0.3 is 39.5 Å². The van der Waals surface area contributed by atoms with E-state index in [9.17, 15) is 43.2 Å². The molecule has 0 radical (unpaired) electrons. The van der Waals surface area contributed by atoms with Gasteiger partial charge in [0, 0.05) is 25.7 Å². The van der Waals surface area contributed by atoms with E-state index < -0.39 is 97.5 Å². The molecule has 85 heavy (non-hydrogen) atoms. The molecule has 0 aromatic carbocycles. The molecule has 0 heterocycles. The molecule has 0 aromatic rings. The molecule has 0 aliphatic carbocycles. The van der Waals surface area contributed by atoms with Crippen molar-refractivity contribution in [1.29, 1.82) is 0 Å². The van der Waals surface area contributed by atoms with Crippen LogP contribution in [0.2, 0.25) is 0 Å². The van der Waals surface area contributed by atoms with Crippen LogP contribution >= 0.6 is 15.6 Å². The van der Waals surface area contributed by atoms with E-state index in [0.29, 0.717) is 37.5 Å². The zero-order chi connectivity index (χ0) is 62.9. The Labute approximate surface area is 517 Å². The fraction of sp³-hybridized carbons (Fsp3) is 0.939. The monoisotopic (exact) mass is 1250 g/mol. The van der Waals surface area contributed by atoms with E-state index >= 15 is 0 Å². The van der Waals surface area contributed by atoms with E-state index in [1.807, 2.05) is 0 Å². The number of aliphatic hydroxyl groups excluding tert-OH is 1. The van der Waals surface area contributed by atoms with E-state index in [4.69, 9.17) is 37.0 Å². The summed E-state index contributed by atoms with van der Waals surface area (Å²) < 4.78 is 68.1. The van der Waals surface area contributed by atoms with Gasteiger partial charge in [-0.3, -0.25) is 37.3 Å². The Hall–Kier alpha value is -1.94. The van der Waals surface area contributed by atoms with Crippen LogP contribution in [0.3, 0.4) is 0 Å². The minimum absolute atomic E-state index is 0.102. The van der Waals surface area contributed by atoms with Gasteiger partial charge in [-0.2, -0.15) is 0 Å². The van der Waals surface area contributed by atoms with Crippen molar-refractivity contribution in [2.24, 2.45) is 11.8 Å². The molecule has 3 N–H and O–H groups in total. The van der Waals surface area contributed by atoms with Crippen molar-refractivity contribution < 1.29 is 80.2 Å². The van der Waals surface area contributed by atoms with Gasteiger partial charge in [0.2, 0.25) is 0 Å². The summed E-state index contributed by atoms with van der Waals surface area (Å²) in [6, 6.07) is 0. The first kappa shape index (κ1) is 83.1. The Kier molecular flexibility index (Phi) is 57.1. The third kappa shape index (κ3) is 60.7. The summed E-state index contributed by atoms with van der Waals surface area (Å²) in [7, 11) is -9.89. The second-order valence-electron chi connectivity index (χ2n) is 24.8. The van der Waals surface area contributed by atoms with Gasteiger partial charge in [-0.25, -0.2) is 9.13 Å². The molecular weight excluding hydrogens is 1130 g/mol. The molecule has 0 bridgehead atoms. The summed E-state index contributed by atoms with van der Waals surface area (Å²) >= 11 is 0. The second kappa shape index (κ2) is 58.4. The van der Waals surface area contributed by atoms with E-state index in [1.54, 1.807) is 0 Å². The highest BCUT2D eigenvalue weighted by Crippen LogP contribution is 2.45. The molecule has 0 fully saturated rings. The SMILES string of the molecule is CCCCCCCCCCCCCCCC(=O)OC[C@H](COP(=O)(O)OC[C@@H](O)COP(=O)(O)OC[C@@H](COC(=O)CCCCCCCCC(C)C)OC(=O)CCCCCCCCCC(C)C)OC(=O)CCCCCCCCCCCCCCC. The average Bonchev–Trinajstić information content (AvgIpc) is 3.58. The van der Waals surface area contributed by atoms with Crippen LogP contribution in [0.5, 0.6) is 0 Å². The zero-order valence-corrected chi connectivity index (χ0v) is 56.7. The molecule has 504 valence electrons. The number of unbranched alkanes of at least 4 members (excludes halogenated alkanes) is 35. The number of hydrogen-bond acceptors (Lipinski definition) is 15. The Morgan fingerprint density at radius 1 is 0.318 bits per heavy atom. The topological polar surface area (TPSA) is 237 Å². The Bertz CT molecular complexity index is 1670. The molecule has 2 unspecified atom stereocenters. The fourth-order valence-corrected chi connectivity index (χ4v) is 11.5. The molecule has 0 aliphatic rings. The van der Waals surface area contributed by atoms with Crippen LogP contribution in [0.4, 0.5) is 0 Å². The first-order valence-electron chi connectivity index (χ1n) is 34.5. The summed E-state index contributed by atoms with van der Waals surface area (Å²) in [4.78, 5) is 72.3. The van der Waals surface area contributed by atoms with Gasteiger partial charge in [0.25, 0.3) is 0 Å². The van der Waals surface area contributed by atoms with Gasteiger partial charge < -0.3 is 33.8 Å². The van der Waals surface area contributed by atoms with Gasteiger partial charge in [-0.15, -0.1) is 0 Å². The lowest BCUT2D eigenvalue weighted by molar-refractivity contribution is -0.161. The largest absolute Gasteiger partial charge is 0.472 e. The highest BCUT2D eigenvalue weighted by atomic mass is 31.2. The summed E-state index contributed by atoms with van der Waals surface area (Å²) in [5.74, 6) is -0.757. The third-order valence-electron chi connectivity index (χ3n) is 15.2. The van der Waals surface area contributed by atoms with Crippen molar-refractivity contribution in [1.82, 2.24) is 0 Å². The summed E-state index contributed by atoms with van der Waals surface area (Å²) in [6.07, 6.45) is 41.8. The van der Waals surface area contributed by atoms with Gasteiger partial charge in [0.1, 0.15) is 19.3 Å². The van der Waals surface area contributed by atoms with E-state index in [1.165, 1.54) is 141 Å². The molecule has 5 atom stereocenters.